The van der Waals surface area contributed by atoms with E-state index in [-0.39, 0.29) is 22.8 Å². The third-order valence-electron chi connectivity index (χ3n) is 1.89. The molecule has 0 aliphatic carbocycles. The van der Waals surface area contributed by atoms with Crippen LogP contribution >= 0.6 is 0 Å². The van der Waals surface area contributed by atoms with Gasteiger partial charge in [0.1, 0.15) is 10.7 Å². The second-order valence-electron chi connectivity index (χ2n) is 3.32. The molecule has 1 rings (SSSR count). The van der Waals surface area contributed by atoms with Gasteiger partial charge in [-0.15, -0.1) is 0 Å². The highest BCUT2D eigenvalue weighted by molar-refractivity contribution is 7.89. The predicted octanol–water partition coefficient (Wildman–Crippen LogP) is -0.282. The minimum absolute atomic E-state index is 0.0465. The summed E-state index contributed by atoms with van der Waals surface area (Å²) in [4.78, 5) is 15.1. The first-order chi connectivity index (χ1) is 7.34. The van der Waals surface area contributed by atoms with Crippen molar-refractivity contribution >= 4 is 15.8 Å². The van der Waals surface area contributed by atoms with Crippen molar-refractivity contribution in [2.45, 2.75) is 18.2 Å². The van der Waals surface area contributed by atoms with Gasteiger partial charge >= 0.3 is 0 Å². The van der Waals surface area contributed by atoms with Gasteiger partial charge < -0.3 is 4.84 Å². The van der Waals surface area contributed by atoms with E-state index in [0.29, 0.717) is 5.56 Å². The van der Waals surface area contributed by atoms with Crippen molar-refractivity contribution in [1.82, 2.24) is 0 Å². The number of nitrogens with two attached hydrogens (primary N) is 2. The van der Waals surface area contributed by atoms with Crippen LogP contribution in [0, 0.1) is 0 Å². The van der Waals surface area contributed by atoms with Crippen LogP contribution < -0.4 is 15.9 Å². The van der Waals surface area contributed by atoms with E-state index >= 15 is 0 Å². The Balaban J connectivity index is 3.27. The maximum atomic E-state index is 11.2. The number of carbonyl (C=O) groups is 1. The van der Waals surface area contributed by atoms with E-state index in [9.17, 15) is 13.2 Å². The van der Waals surface area contributed by atoms with Crippen LogP contribution in [0.1, 0.15) is 12.5 Å². The van der Waals surface area contributed by atoms with Gasteiger partial charge in [-0.25, -0.2) is 13.6 Å². The van der Waals surface area contributed by atoms with E-state index < -0.39 is 10.0 Å². The zero-order valence-electron chi connectivity index (χ0n) is 8.64. The van der Waals surface area contributed by atoms with Crippen LogP contribution in [0.4, 0.5) is 0 Å². The molecule has 0 saturated carbocycles. The van der Waals surface area contributed by atoms with Gasteiger partial charge in [0.15, 0.2) is 5.75 Å². The van der Waals surface area contributed by atoms with Gasteiger partial charge in [-0.1, -0.05) is 6.07 Å². The van der Waals surface area contributed by atoms with Crippen molar-refractivity contribution in [1.29, 1.82) is 0 Å². The third-order valence-corrected chi connectivity index (χ3v) is 2.83. The Morgan fingerprint density at radius 1 is 1.44 bits per heavy atom. The third kappa shape index (κ3) is 3.02. The van der Waals surface area contributed by atoms with E-state index in [1.165, 1.54) is 19.1 Å². The number of Topliss-reactive ketones (excluding diaryl/α,β-unsaturated/α-hetero) is 1. The summed E-state index contributed by atoms with van der Waals surface area (Å²) >= 11 is 0. The first-order valence-electron chi connectivity index (χ1n) is 4.36. The van der Waals surface area contributed by atoms with Crippen LogP contribution in [0.2, 0.25) is 0 Å². The van der Waals surface area contributed by atoms with E-state index in [2.05, 4.69) is 4.84 Å². The van der Waals surface area contributed by atoms with E-state index in [1.807, 2.05) is 0 Å². The molecular weight excluding hydrogens is 232 g/mol. The highest BCUT2D eigenvalue weighted by atomic mass is 32.2. The number of primary sulfonamides is 1. The summed E-state index contributed by atoms with van der Waals surface area (Å²) in [6.07, 6.45) is 0.132. The lowest BCUT2D eigenvalue weighted by Gasteiger charge is -2.07. The summed E-state index contributed by atoms with van der Waals surface area (Å²) in [5.41, 5.74) is 0.539. The van der Waals surface area contributed by atoms with Gasteiger partial charge in [-0.2, -0.15) is 5.90 Å². The Bertz CT molecular complexity index is 510. The zero-order chi connectivity index (χ0) is 12.3. The minimum Gasteiger partial charge on any atom is -0.410 e. The molecular formula is C9H12N2O4S. The predicted molar refractivity (Wildman–Crippen MR) is 57.0 cm³/mol. The van der Waals surface area contributed by atoms with Crippen molar-refractivity contribution in [2.24, 2.45) is 11.0 Å². The smallest absolute Gasteiger partial charge is 0.241 e. The quantitative estimate of drug-likeness (QED) is 0.707. The van der Waals surface area contributed by atoms with Crippen molar-refractivity contribution in [2.75, 3.05) is 0 Å². The molecule has 0 aliphatic heterocycles. The molecule has 0 aromatic heterocycles. The molecule has 1 aromatic carbocycles. The van der Waals surface area contributed by atoms with Crippen molar-refractivity contribution in [3.63, 3.8) is 0 Å². The normalized spacial score (nSPS) is 11.2. The number of ketones is 1. The molecule has 0 aliphatic rings. The molecule has 6 nitrogen and oxygen atoms in total. The van der Waals surface area contributed by atoms with Crippen LogP contribution in [0.25, 0.3) is 0 Å². The number of benzene rings is 1. The van der Waals surface area contributed by atoms with Crippen LogP contribution in [0.3, 0.4) is 0 Å². The highest BCUT2D eigenvalue weighted by Crippen LogP contribution is 2.23. The molecule has 0 saturated heterocycles. The maximum absolute atomic E-state index is 11.2. The van der Waals surface area contributed by atoms with Gasteiger partial charge in [0.25, 0.3) is 0 Å². The Morgan fingerprint density at radius 3 is 2.50 bits per heavy atom. The Morgan fingerprint density at radius 2 is 2.06 bits per heavy atom. The number of rotatable bonds is 4. The first-order valence-corrected chi connectivity index (χ1v) is 5.91. The van der Waals surface area contributed by atoms with Crippen molar-refractivity contribution in [3.05, 3.63) is 23.8 Å². The first kappa shape index (κ1) is 12.6. The van der Waals surface area contributed by atoms with Crippen LogP contribution in [-0.2, 0) is 21.2 Å². The second kappa shape index (κ2) is 4.60. The standard InChI is InChI=1S/C9H12N2O4S/c1-6(12)4-7-2-3-8(15-10)9(5-7)16(11,13)14/h2-3,5H,4,10H2,1H3,(H2,11,13,14). The van der Waals surface area contributed by atoms with Gasteiger partial charge in [0, 0.05) is 6.42 Å². The van der Waals surface area contributed by atoms with E-state index in [4.69, 9.17) is 11.0 Å². The molecule has 0 spiro atoms. The average Bonchev–Trinajstić information content (AvgIpc) is 2.15. The average molecular weight is 244 g/mol. The summed E-state index contributed by atoms with van der Waals surface area (Å²) in [6, 6.07) is 4.19. The molecule has 88 valence electrons. The summed E-state index contributed by atoms with van der Waals surface area (Å²) in [7, 11) is -3.92. The summed E-state index contributed by atoms with van der Waals surface area (Å²) in [5, 5.41) is 4.98. The number of hydrogen-bond donors (Lipinski definition) is 2. The van der Waals surface area contributed by atoms with E-state index in [0.717, 1.165) is 0 Å². The molecule has 0 amide bonds. The molecule has 7 heteroatoms. The van der Waals surface area contributed by atoms with Crippen LogP contribution in [0.15, 0.2) is 23.1 Å². The van der Waals surface area contributed by atoms with Crippen molar-refractivity contribution < 1.29 is 18.0 Å². The Labute approximate surface area is 93.2 Å². The summed E-state index contributed by atoms with van der Waals surface area (Å²) in [5.74, 6) is 4.78. The molecule has 0 heterocycles. The largest absolute Gasteiger partial charge is 0.410 e. The van der Waals surface area contributed by atoms with Crippen LogP contribution in [-0.4, -0.2) is 14.2 Å². The molecule has 1 aromatic rings. The fourth-order valence-corrected chi connectivity index (χ4v) is 1.98. The Hall–Kier alpha value is -1.44. The molecule has 0 fully saturated rings. The highest BCUT2D eigenvalue weighted by Gasteiger charge is 2.16. The molecule has 16 heavy (non-hydrogen) atoms. The maximum Gasteiger partial charge on any atom is 0.241 e. The van der Waals surface area contributed by atoms with Gasteiger partial charge in [-0.05, 0) is 24.6 Å². The van der Waals surface area contributed by atoms with Crippen LogP contribution in [0.5, 0.6) is 5.75 Å². The van der Waals surface area contributed by atoms with E-state index in [1.54, 1.807) is 6.07 Å². The SMILES string of the molecule is CC(=O)Cc1ccc(ON)c(S(N)(=O)=O)c1. The summed E-state index contributed by atoms with van der Waals surface area (Å²) in [6.45, 7) is 1.41. The van der Waals surface area contributed by atoms with Gasteiger partial charge in [0.2, 0.25) is 10.0 Å². The number of sulfonamides is 1. The number of carbonyl (C=O) groups excluding carboxylic acids is 1. The van der Waals surface area contributed by atoms with Gasteiger partial charge in [-0.3, -0.25) is 4.79 Å². The Kier molecular flexibility index (Phi) is 3.63. The monoisotopic (exact) mass is 244 g/mol. The lowest BCUT2D eigenvalue weighted by atomic mass is 10.1. The number of hydrogen-bond acceptors (Lipinski definition) is 5. The van der Waals surface area contributed by atoms with Crippen molar-refractivity contribution in [3.8, 4) is 5.75 Å². The molecule has 4 N–H and O–H groups in total. The second-order valence-corrected chi connectivity index (χ2v) is 4.85. The fraction of sp³-hybridized carbons (Fsp3) is 0.222. The lowest BCUT2D eigenvalue weighted by molar-refractivity contribution is -0.116. The lowest BCUT2D eigenvalue weighted by Crippen LogP contribution is -2.16. The van der Waals surface area contributed by atoms with Gasteiger partial charge in [0.05, 0.1) is 0 Å². The molecule has 0 atom stereocenters. The topological polar surface area (TPSA) is 112 Å². The minimum atomic E-state index is -3.92. The molecule has 0 bridgehead atoms. The molecule has 0 unspecified atom stereocenters. The molecule has 0 radical (unpaired) electrons. The fourth-order valence-electron chi connectivity index (χ4n) is 1.27. The summed E-state index contributed by atoms with van der Waals surface area (Å²) < 4.78 is 22.4. The zero-order valence-corrected chi connectivity index (χ0v) is 9.45.